The van der Waals surface area contributed by atoms with Gasteiger partial charge < -0.3 is 15.0 Å². The fourth-order valence-corrected chi connectivity index (χ4v) is 3.71. The van der Waals surface area contributed by atoms with E-state index in [-0.39, 0.29) is 17.1 Å². The van der Waals surface area contributed by atoms with Crippen LogP contribution in [-0.2, 0) is 13.6 Å². The molecule has 1 aliphatic rings. The van der Waals surface area contributed by atoms with Crippen molar-refractivity contribution in [2.24, 2.45) is 7.05 Å². The van der Waals surface area contributed by atoms with Crippen LogP contribution in [0, 0.1) is 0 Å². The molecule has 1 aromatic heterocycles. The molecular formula is C21H32N6O3. The quantitative estimate of drug-likeness (QED) is 0.610. The molecule has 0 atom stereocenters. The molecule has 0 radical (unpaired) electrons. The van der Waals surface area contributed by atoms with Gasteiger partial charge >= 0.3 is 5.69 Å². The SMILES string of the molecule is CCn1nc(NCCCCN2CCN(c3ccccc3OC)CC2)c(=O)n(C)c1=O. The van der Waals surface area contributed by atoms with Crippen molar-refractivity contribution in [2.45, 2.75) is 26.3 Å². The van der Waals surface area contributed by atoms with Crippen LogP contribution in [0.25, 0.3) is 0 Å². The topological polar surface area (TPSA) is 84.6 Å². The molecule has 1 fully saturated rings. The number of methoxy groups -OCH3 is 1. The average molecular weight is 417 g/mol. The van der Waals surface area contributed by atoms with Crippen molar-refractivity contribution < 1.29 is 4.74 Å². The summed E-state index contributed by atoms with van der Waals surface area (Å²) in [5.74, 6) is 1.16. The summed E-state index contributed by atoms with van der Waals surface area (Å²) in [5.41, 5.74) is 0.392. The largest absolute Gasteiger partial charge is 0.495 e. The first-order chi connectivity index (χ1) is 14.5. The Morgan fingerprint density at radius 1 is 1.10 bits per heavy atom. The summed E-state index contributed by atoms with van der Waals surface area (Å²) < 4.78 is 7.87. The Morgan fingerprint density at radius 2 is 1.83 bits per heavy atom. The van der Waals surface area contributed by atoms with E-state index in [4.69, 9.17) is 4.74 Å². The van der Waals surface area contributed by atoms with E-state index in [2.05, 4.69) is 26.3 Å². The first-order valence-electron chi connectivity index (χ1n) is 10.6. The highest BCUT2D eigenvalue weighted by atomic mass is 16.5. The minimum atomic E-state index is -0.389. The van der Waals surface area contributed by atoms with E-state index in [0.717, 1.165) is 61.6 Å². The monoisotopic (exact) mass is 416 g/mol. The number of aryl methyl sites for hydroxylation is 1. The highest BCUT2D eigenvalue weighted by Gasteiger charge is 2.19. The van der Waals surface area contributed by atoms with Crippen LogP contribution in [0.3, 0.4) is 0 Å². The van der Waals surface area contributed by atoms with E-state index in [1.54, 1.807) is 7.11 Å². The van der Waals surface area contributed by atoms with Crippen molar-refractivity contribution >= 4 is 11.5 Å². The van der Waals surface area contributed by atoms with Gasteiger partial charge in [-0.15, -0.1) is 5.10 Å². The first-order valence-corrected chi connectivity index (χ1v) is 10.6. The second-order valence-electron chi connectivity index (χ2n) is 7.45. The lowest BCUT2D eigenvalue weighted by Crippen LogP contribution is -2.46. The van der Waals surface area contributed by atoms with Crippen LogP contribution >= 0.6 is 0 Å². The molecule has 164 valence electrons. The van der Waals surface area contributed by atoms with Gasteiger partial charge in [-0.05, 0) is 38.4 Å². The molecule has 0 saturated carbocycles. The number of nitrogens with zero attached hydrogens (tertiary/aromatic N) is 5. The van der Waals surface area contributed by atoms with E-state index >= 15 is 0 Å². The van der Waals surface area contributed by atoms with E-state index in [1.807, 2.05) is 25.1 Å². The number of hydrogen-bond donors (Lipinski definition) is 1. The van der Waals surface area contributed by atoms with Crippen LogP contribution in [0.15, 0.2) is 33.9 Å². The summed E-state index contributed by atoms with van der Waals surface area (Å²) in [5, 5.41) is 7.21. The van der Waals surface area contributed by atoms with Gasteiger partial charge in [-0.1, -0.05) is 12.1 Å². The summed E-state index contributed by atoms with van der Waals surface area (Å²) in [6.07, 6.45) is 1.97. The number of unbranched alkanes of at least 4 members (excludes halogenated alkanes) is 1. The third kappa shape index (κ3) is 5.02. The molecule has 0 amide bonds. The van der Waals surface area contributed by atoms with Gasteiger partial charge in [0.15, 0.2) is 0 Å². The Morgan fingerprint density at radius 3 is 2.53 bits per heavy atom. The lowest BCUT2D eigenvalue weighted by atomic mass is 10.2. The lowest BCUT2D eigenvalue weighted by molar-refractivity contribution is 0.253. The maximum atomic E-state index is 12.2. The number of benzene rings is 1. The second kappa shape index (κ2) is 10.3. The summed E-state index contributed by atoms with van der Waals surface area (Å²) >= 11 is 0. The Labute approximate surface area is 176 Å². The van der Waals surface area contributed by atoms with Gasteiger partial charge in [0.25, 0.3) is 5.56 Å². The lowest BCUT2D eigenvalue weighted by Gasteiger charge is -2.36. The predicted octanol–water partition coefficient (Wildman–Crippen LogP) is 0.985. The molecular weight excluding hydrogens is 384 g/mol. The molecule has 3 rings (SSSR count). The molecule has 2 heterocycles. The van der Waals surface area contributed by atoms with Crippen LogP contribution in [0.5, 0.6) is 5.75 Å². The van der Waals surface area contributed by atoms with Gasteiger partial charge in [-0.25, -0.2) is 9.48 Å². The second-order valence-corrected chi connectivity index (χ2v) is 7.45. The summed E-state index contributed by atoms with van der Waals surface area (Å²) in [6, 6.07) is 8.16. The van der Waals surface area contributed by atoms with Gasteiger partial charge in [-0.2, -0.15) is 0 Å². The molecule has 1 aromatic carbocycles. The molecule has 0 aliphatic carbocycles. The van der Waals surface area contributed by atoms with Gasteiger partial charge in [0, 0.05) is 46.3 Å². The van der Waals surface area contributed by atoms with Crippen LogP contribution < -0.4 is 26.2 Å². The number of piperazine rings is 1. The van der Waals surface area contributed by atoms with Crippen molar-refractivity contribution in [1.82, 2.24) is 19.2 Å². The molecule has 1 saturated heterocycles. The zero-order chi connectivity index (χ0) is 21.5. The maximum Gasteiger partial charge on any atom is 0.347 e. The fourth-order valence-electron chi connectivity index (χ4n) is 3.71. The highest BCUT2D eigenvalue weighted by molar-refractivity contribution is 5.58. The molecule has 9 nitrogen and oxygen atoms in total. The van der Waals surface area contributed by atoms with Gasteiger partial charge in [0.1, 0.15) is 5.75 Å². The van der Waals surface area contributed by atoms with E-state index in [9.17, 15) is 9.59 Å². The van der Waals surface area contributed by atoms with Crippen LogP contribution in [0.2, 0.25) is 0 Å². The highest BCUT2D eigenvalue weighted by Crippen LogP contribution is 2.28. The van der Waals surface area contributed by atoms with Gasteiger partial charge in [0.2, 0.25) is 5.82 Å². The van der Waals surface area contributed by atoms with Crippen molar-refractivity contribution in [3.8, 4) is 5.75 Å². The molecule has 2 aromatic rings. The Kier molecular flexibility index (Phi) is 7.51. The number of rotatable bonds is 9. The standard InChI is InChI=1S/C21H32N6O3/c1-4-27-21(29)24(2)20(28)19(23-27)22-11-7-8-12-25-13-15-26(16-14-25)17-9-5-6-10-18(17)30-3/h5-6,9-10H,4,7-8,11-16H2,1-3H3,(H,22,23). The molecule has 0 bridgehead atoms. The first kappa shape index (κ1) is 21.9. The number of para-hydroxylation sites is 2. The molecule has 1 aliphatic heterocycles. The number of anilines is 2. The van der Waals surface area contributed by atoms with Gasteiger partial charge in [0.05, 0.1) is 12.8 Å². The van der Waals surface area contributed by atoms with E-state index in [0.29, 0.717) is 13.1 Å². The number of aromatic nitrogens is 3. The molecule has 9 heteroatoms. The zero-order valence-corrected chi connectivity index (χ0v) is 18.1. The van der Waals surface area contributed by atoms with Crippen LogP contribution in [0.1, 0.15) is 19.8 Å². The maximum absolute atomic E-state index is 12.2. The van der Waals surface area contributed by atoms with Gasteiger partial charge in [-0.3, -0.25) is 14.3 Å². The third-order valence-corrected chi connectivity index (χ3v) is 5.53. The van der Waals surface area contributed by atoms with Crippen LogP contribution in [-0.4, -0.2) is 65.6 Å². The minimum Gasteiger partial charge on any atom is -0.495 e. The smallest absolute Gasteiger partial charge is 0.347 e. The number of hydrogen-bond acceptors (Lipinski definition) is 7. The van der Waals surface area contributed by atoms with Crippen LogP contribution in [0.4, 0.5) is 11.5 Å². The van der Waals surface area contributed by atoms with Crippen molar-refractivity contribution in [2.75, 3.05) is 56.6 Å². The summed E-state index contributed by atoms with van der Waals surface area (Å²) in [4.78, 5) is 28.9. The molecule has 0 unspecified atom stereocenters. The minimum absolute atomic E-state index is 0.240. The van der Waals surface area contributed by atoms with Crippen molar-refractivity contribution in [3.63, 3.8) is 0 Å². The van der Waals surface area contributed by atoms with Crippen molar-refractivity contribution in [1.29, 1.82) is 0 Å². The van der Waals surface area contributed by atoms with E-state index < -0.39 is 0 Å². The molecule has 0 spiro atoms. The molecule has 1 N–H and O–H groups in total. The average Bonchev–Trinajstić information content (AvgIpc) is 2.79. The zero-order valence-electron chi connectivity index (χ0n) is 18.1. The Bertz CT molecular complexity index is 946. The Hall–Kier alpha value is -2.81. The van der Waals surface area contributed by atoms with E-state index in [1.165, 1.54) is 11.7 Å². The summed E-state index contributed by atoms with van der Waals surface area (Å²) in [6.45, 7) is 7.96. The normalized spacial score (nSPS) is 14.7. The Balaban J connectivity index is 1.41. The predicted molar refractivity (Wildman–Crippen MR) is 119 cm³/mol. The molecule has 30 heavy (non-hydrogen) atoms. The number of nitrogens with one attached hydrogen (secondary N) is 1. The van der Waals surface area contributed by atoms with Crippen molar-refractivity contribution in [3.05, 3.63) is 45.1 Å². The fraction of sp³-hybridized carbons (Fsp3) is 0.571. The third-order valence-electron chi connectivity index (χ3n) is 5.53. The summed E-state index contributed by atoms with van der Waals surface area (Å²) in [7, 11) is 3.19. The number of ether oxygens (including phenoxy) is 1.